The van der Waals surface area contributed by atoms with Crippen molar-refractivity contribution in [3.63, 3.8) is 0 Å². The van der Waals surface area contributed by atoms with Crippen molar-refractivity contribution in [1.29, 1.82) is 0 Å². The van der Waals surface area contributed by atoms with E-state index in [1.807, 2.05) is 0 Å². The van der Waals surface area contributed by atoms with Gasteiger partial charge in [-0.25, -0.2) is 4.79 Å². The van der Waals surface area contributed by atoms with E-state index in [1.165, 1.54) is 0 Å². The first-order valence-corrected chi connectivity index (χ1v) is 8.61. The summed E-state index contributed by atoms with van der Waals surface area (Å²) < 4.78 is 10.3. The van der Waals surface area contributed by atoms with E-state index in [9.17, 15) is 9.59 Å². The average molecular weight is 363 g/mol. The maximum Gasteiger partial charge on any atom is 0.344 e. The van der Waals surface area contributed by atoms with E-state index in [0.29, 0.717) is 22.0 Å². The first kappa shape index (κ1) is 17.5. The number of nitrogens with zero attached hydrogens (tertiary/aromatic N) is 1. The molecule has 3 rings (SSSR count). The normalized spacial score (nSPS) is 14.5. The van der Waals surface area contributed by atoms with E-state index in [-0.39, 0.29) is 24.1 Å². The Morgan fingerprint density at radius 3 is 2.76 bits per heavy atom. The lowest BCUT2D eigenvalue weighted by Crippen LogP contribution is -2.35. The Balaban J connectivity index is 1.69. The minimum absolute atomic E-state index is 0.182. The van der Waals surface area contributed by atoms with Crippen LogP contribution in [0, 0.1) is 6.92 Å². The van der Waals surface area contributed by atoms with Gasteiger partial charge in [-0.1, -0.05) is 47.8 Å². The molecule has 7 heteroatoms. The average Bonchev–Trinajstić information content (AvgIpc) is 3.23. The molecule has 1 fully saturated rings. The van der Waals surface area contributed by atoms with Crippen LogP contribution in [0.5, 0.6) is 0 Å². The maximum absolute atomic E-state index is 12.4. The van der Waals surface area contributed by atoms with Crippen LogP contribution in [0.25, 0.3) is 11.3 Å². The van der Waals surface area contributed by atoms with Crippen LogP contribution >= 0.6 is 11.6 Å². The number of esters is 1. The monoisotopic (exact) mass is 362 g/mol. The number of amides is 1. The summed E-state index contributed by atoms with van der Waals surface area (Å²) in [5.74, 6) is -0.639. The number of rotatable bonds is 5. The van der Waals surface area contributed by atoms with Crippen molar-refractivity contribution in [1.82, 2.24) is 10.5 Å². The highest BCUT2D eigenvalue weighted by molar-refractivity contribution is 6.33. The van der Waals surface area contributed by atoms with Gasteiger partial charge in [-0.15, -0.1) is 0 Å². The third kappa shape index (κ3) is 4.02. The Morgan fingerprint density at radius 2 is 2.04 bits per heavy atom. The zero-order chi connectivity index (χ0) is 17.8. The minimum Gasteiger partial charge on any atom is -0.452 e. The second kappa shape index (κ2) is 7.70. The van der Waals surface area contributed by atoms with E-state index in [0.717, 1.165) is 25.7 Å². The Morgan fingerprint density at radius 1 is 1.32 bits per heavy atom. The third-order valence-corrected chi connectivity index (χ3v) is 4.58. The molecule has 0 unspecified atom stereocenters. The van der Waals surface area contributed by atoms with E-state index in [2.05, 4.69) is 10.5 Å². The largest absolute Gasteiger partial charge is 0.452 e. The first-order valence-electron chi connectivity index (χ1n) is 8.24. The molecule has 1 heterocycles. The van der Waals surface area contributed by atoms with Crippen LogP contribution in [-0.2, 0) is 9.53 Å². The van der Waals surface area contributed by atoms with E-state index < -0.39 is 5.97 Å². The van der Waals surface area contributed by atoms with Crippen molar-refractivity contribution in [2.45, 2.75) is 38.6 Å². The van der Waals surface area contributed by atoms with Gasteiger partial charge in [0.05, 0.1) is 5.02 Å². The Kier molecular flexibility index (Phi) is 5.38. The highest BCUT2D eigenvalue weighted by Gasteiger charge is 2.25. The van der Waals surface area contributed by atoms with Crippen LogP contribution in [0.3, 0.4) is 0 Å². The smallest absolute Gasteiger partial charge is 0.344 e. The molecule has 1 amide bonds. The Labute approximate surface area is 150 Å². The number of benzene rings is 1. The molecule has 6 nitrogen and oxygen atoms in total. The molecule has 2 aromatic rings. The zero-order valence-corrected chi connectivity index (χ0v) is 14.6. The van der Waals surface area contributed by atoms with Gasteiger partial charge in [-0.2, -0.15) is 0 Å². The van der Waals surface area contributed by atoms with E-state index in [1.54, 1.807) is 31.2 Å². The van der Waals surface area contributed by atoms with Crippen molar-refractivity contribution in [2.24, 2.45) is 0 Å². The summed E-state index contributed by atoms with van der Waals surface area (Å²) in [6.07, 6.45) is 4.18. The van der Waals surface area contributed by atoms with Crippen molar-refractivity contribution in [2.75, 3.05) is 6.61 Å². The quantitative estimate of drug-likeness (QED) is 0.823. The number of nitrogens with one attached hydrogen (secondary N) is 1. The molecule has 0 atom stereocenters. The molecule has 0 saturated heterocycles. The van der Waals surface area contributed by atoms with Gasteiger partial charge in [0.25, 0.3) is 5.91 Å². The molecular weight excluding hydrogens is 344 g/mol. The molecule has 1 aromatic heterocycles. The number of hydrogen-bond donors (Lipinski definition) is 1. The Bertz CT molecular complexity index is 781. The molecule has 0 radical (unpaired) electrons. The van der Waals surface area contributed by atoms with Gasteiger partial charge in [0, 0.05) is 11.6 Å². The topological polar surface area (TPSA) is 81.4 Å². The first-order chi connectivity index (χ1) is 12.1. The Hall–Kier alpha value is -2.34. The van der Waals surface area contributed by atoms with Crippen LogP contribution in [-0.4, -0.2) is 29.7 Å². The highest BCUT2D eigenvalue weighted by atomic mass is 35.5. The summed E-state index contributed by atoms with van der Waals surface area (Å²) in [6, 6.07) is 7.19. The molecule has 1 aliphatic rings. The van der Waals surface area contributed by atoms with Crippen molar-refractivity contribution < 1.29 is 18.8 Å². The number of aromatic nitrogens is 1. The predicted molar refractivity (Wildman–Crippen MR) is 92.4 cm³/mol. The molecule has 1 aromatic carbocycles. The number of aryl methyl sites for hydroxylation is 1. The van der Waals surface area contributed by atoms with Crippen molar-refractivity contribution in [3.8, 4) is 11.3 Å². The van der Waals surface area contributed by atoms with Crippen LogP contribution in [0.2, 0.25) is 5.02 Å². The van der Waals surface area contributed by atoms with Gasteiger partial charge >= 0.3 is 5.97 Å². The lowest BCUT2D eigenvalue weighted by molar-refractivity contribution is -0.124. The molecule has 25 heavy (non-hydrogen) atoms. The predicted octanol–water partition coefficient (Wildman–Crippen LogP) is 3.52. The molecule has 132 valence electrons. The lowest BCUT2D eigenvalue weighted by atomic mass is 10.1. The van der Waals surface area contributed by atoms with E-state index in [4.69, 9.17) is 20.9 Å². The molecule has 1 aliphatic carbocycles. The molecule has 1 N–H and O–H groups in total. The van der Waals surface area contributed by atoms with Crippen LogP contribution in [0.15, 0.2) is 28.8 Å². The maximum atomic E-state index is 12.4. The van der Waals surface area contributed by atoms with E-state index >= 15 is 0 Å². The van der Waals surface area contributed by atoms with Gasteiger partial charge in [0.15, 0.2) is 6.61 Å². The van der Waals surface area contributed by atoms with Crippen LogP contribution in [0.4, 0.5) is 0 Å². The van der Waals surface area contributed by atoms with Crippen LogP contribution in [0.1, 0.15) is 41.8 Å². The summed E-state index contributed by atoms with van der Waals surface area (Å²) in [6.45, 7) is 1.28. The summed E-state index contributed by atoms with van der Waals surface area (Å²) in [7, 11) is 0. The highest BCUT2D eigenvalue weighted by Crippen LogP contribution is 2.31. The molecule has 0 bridgehead atoms. The lowest BCUT2D eigenvalue weighted by Gasteiger charge is -2.12. The fourth-order valence-corrected chi connectivity index (χ4v) is 3.22. The third-order valence-electron chi connectivity index (χ3n) is 4.25. The van der Waals surface area contributed by atoms with Gasteiger partial charge in [-0.05, 0) is 25.8 Å². The fourth-order valence-electron chi connectivity index (χ4n) is 2.99. The number of ether oxygens (including phenoxy) is 1. The molecule has 0 aliphatic heterocycles. The standard InChI is InChI=1S/C18H19ClN2O4/c1-11-16(17(21-25-11)13-8-4-5-9-14(13)19)18(23)24-10-15(22)20-12-6-2-3-7-12/h4-5,8-9,12H,2-3,6-7,10H2,1H3,(H,20,22). The minimum atomic E-state index is -0.657. The second-order valence-corrected chi connectivity index (χ2v) is 6.47. The number of hydrogen-bond acceptors (Lipinski definition) is 5. The number of carbonyl (C=O) groups is 2. The van der Waals surface area contributed by atoms with Gasteiger partial charge < -0.3 is 14.6 Å². The van der Waals surface area contributed by atoms with Gasteiger partial charge in [0.2, 0.25) is 0 Å². The van der Waals surface area contributed by atoms with Crippen LogP contribution < -0.4 is 5.32 Å². The molecule has 1 saturated carbocycles. The summed E-state index contributed by atoms with van der Waals surface area (Å²) in [5, 5.41) is 7.24. The summed E-state index contributed by atoms with van der Waals surface area (Å²) >= 11 is 6.17. The second-order valence-electron chi connectivity index (χ2n) is 6.07. The van der Waals surface area contributed by atoms with Crippen molar-refractivity contribution in [3.05, 3.63) is 40.6 Å². The molecule has 0 spiro atoms. The summed E-state index contributed by atoms with van der Waals surface area (Å²) in [4.78, 5) is 24.3. The van der Waals surface area contributed by atoms with Crippen molar-refractivity contribution >= 4 is 23.5 Å². The molecular formula is C18H19ClN2O4. The zero-order valence-electron chi connectivity index (χ0n) is 13.9. The number of halogens is 1. The summed E-state index contributed by atoms with van der Waals surface area (Å²) in [5.41, 5.74) is 1.06. The SMILES string of the molecule is Cc1onc(-c2ccccc2Cl)c1C(=O)OCC(=O)NC1CCCC1. The van der Waals surface area contributed by atoms with Gasteiger partial charge in [-0.3, -0.25) is 4.79 Å². The number of carbonyl (C=O) groups excluding carboxylic acids is 2. The fraction of sp³-hybridized carbons (Fsp3) is 0.389. The van der Waals surface area contributed by atoms with Gasteiger partial charge in [0.1, 0.15) is 17.0 Å².